The number of phenols is 1. The molecule has 0 aliphatic carbocycles. The Morgan fingerprint density at radius 3 is 2.46 bits per heavy atom. The van der Waals surface area contributed by atoms with Crippen LogP contribution in [0.3, 0.4) is 0 Å². The van der Waals surface area contributed by atoms with Crippen molar-refractivity contribution in [2.45, 2.75) is 19.9 Å². The van der Waals surface area contributed by atoms with Crippen LogP contribution in [0.2, 0.25) is 0 Å². The van der Waals surface area contributed by atoms with E-state index < -0.39 is 6.04 Å². The van der Waals surface area contributed by atoms with E-state index in [1.165, 1.54) is 19.2 Å². The Hall–Kier alpha value is -3.02. The van der Waals surface area contributed by atoms with E-state index in [1.54, 1.807) is 6.07 Å². The molecule has 6 nitrogen and oxygen atoms in total. The van der Waals surface area contributed by atoms with Crippen LogP contribution in [0.5, 0.6) is 11.5 Å². The first-order chi connectivity index (χ1) is 11.5. The first kappa shape index (κ1) is 17.3. The molecule has 2 rings (SSSR count). The number of nitrogens with one attached hydrogen (secondary N) is 2. The lowest BCUT2D eigenvalue weighted by Gasteiger charge is -2.19. The Morgan fingerprint density at radius 1 is 1.21 bits per heavy atom. The number of carbonyl (C=O) groups is 2. The maximum absolute atomic E-state index is 12.7. The number of hydrogen-bond donors (Lipinski definition) is 3. The highest BCUT2D eigenvalue weighted by Gasteiger charge is 2.22. The molecule has 0 saturated heterocycles. The zero-order valence-electron chi connectivity index (χ0n) is 13.8. The van der Waals surface area contributed by atoms with E-state index >= 15 is 0 Å². The lowest BCUT2D eigenvalue weighted by atomic mass is 10.0. The lowest BCUT2D eigenvalue weighted by Crippen LogP contribution is -2.32. The van der Waals surface area contributed by atoms with Crippen molar-refractivity contribution in [3.63, 3.8) is 0 Å². The largest absolute Gasteiger partial charge is 0.504 e. The molecular formula is C18H20N2O4. The van der Waals surface area contributed by atoms with Gasteiger partial charge in [-0.3, -0.25) is 9.59 Å². The second-order valence-electron chi connectivity index (χ2n) is 5.40. The van der Waals surface area contributed by atoms with Gasteiger partial charge in [-0.15, -0.1) is 0 Å². The number of amides is 2. The fourth-order valence-corrected chi connectivity index (χ4v) is 2.47. The van der Waals surface area contributed by atoms with Crippen LogP contribution in [0.4, 0.5) is 5.69 Å². The summed E-state index contributed by atoms with van der Waals surface area (Å²) in [4.78, 5) is 23.6. The summed E-state index contributed by atoms with van der Waals surface area (Å²) in [5.41, 5.74) is 3.07. The molecular weight excluding hydrogens is 308 g/mol. The van der Waals surface area contributed by atoms with Gasteiger partial charge in [0.2, 0.25) is 6.41 Å². The van der Waals surface area contributed by atoms with Crippen molar-refractivity contribution in [3.05, 3.63) is 53.1 Å². The Kier molecular flexibility index (Phi) is 5.42. The van der Waals surface area contributed by atoms with E-state index in [2.05, 4.69) is 10.6 Å². The molecule has 0 fully saturated rings. The highest BCUT2D eigenvalue weighted by molar-refractivity contribution is 5.97. The van der Waals surface area contributed by atoms with Crippen LogP contribution < -0.4 is 15.4 Å². The molecule has 0 aliphatic rings. The van der Waals surface area contributed by atoms with E-state index in [4.69, 9.17) is 4.74 Å². The van der Waals surface area contributed by atoms with Crippen molar-refractivity contribution in [2.75, 3.05) is 12.4 Å². The van der Waals surface area contributed by atoms with Gasteiger partial charge in [0.05, 0.1) is 7.11 Å². The Labute approximate surface area is 140 Å². The van der Waals surface area contributed by atoms with Crippen LogP contribution in [-0.2, 0) is 9.59 Å². The number of ether oxygens (including phenoxy) is 1. The molecule has 6 heteroatoms. The molecule has 2 amide bonds. The zero-order chi connectivity index (χ0) is 17.7. The standard InChI is InChI=1S/C18H20N2O4/c1-11-5-4-6-12(2)16(11)20-18(23)17(19-10-21)13-7-8-14(22)15(9-13)24-3/h4-10,17,22H,1-3H3,(H,19,21)(H,20,23)/t17-/m0/s1. The number of phenolic OH excluding ortho intramolecular Hbond substituents is 1. The fraction of sp³-hybridized carbons (Fsp3) is 0.222. The lowest BCUT2D eigenvalue weighted by molar-refractivity contribution is -0.121. The van der Waals surface area contributed by atoms with Gasteiger partial charge < -0.3 is 20.5 Å². The first-order valence-corrected chi connectivity index (χ1v) is 7.41. The van der Waals surface area contributed by atoms with E-state index in [-0.39, 0.29) is 17.4 Å². The summed E-state index contributed by atoms with van der Waals surface area (Å²) in [6.45, 7) is 3.79. The molecule has 0 bridgehead atoms. The third-order valence-corrected chi connectivity index (χ3v) is 3.76. The van der Waals surface area contributed by atoms with E-state index in [0.717, 1.165) is 11.1 Å². The summed E-state index contributed by atoms with van der Waals surface area (Å²) in [6.07, 6.45) is 0.467. The number of hydrogen-bond acceptors (Lipinski definition) is 4. The van der Waals surface area contributed by atoms with Gasteiger partial charge in [-0.1, -0.05) is 24.3 Å². The van der Waals surface area contributed by atoms with Gasteiger partial charge in [-0.25, -0.2) is 0 Å². The van der Waals surface area contributed by atoms with Gasteiger partial charge in [-0.05, 0) is 42.7 Å². The fourth-order valence-electron chi connectivity index (χ4n) is 2.47. The molecule has 0 heterocycles. The topological polar surface area (TPSA) is 87.7 Å². The van der Waals surface area contributed by atoms with Gasteiger partial charge in [-0.2, -0.15) is 0 Å². The molecule has 24 heavy (non-hydrogen) atoms. The molecule has 0 saturated carbocycles. The highest BCUT2D eigenvalue weighted by atomic mass is 16.5. The quantitative estimate of drug-likeness (QED) is 0.711. The van der Waals surface area contributed by atoms with Gasteiger partial charge in [0, 0.05) is 5.69 Å². The third-order valence-electron chi connectivity index (χ3n) is 3.76. The number of rotatable bonds is 6. The number of carbonyl (C=O) groups excluding carboxylic acids is 2. The summed E-state index contributed by atoms with van der Waals surface area (Å²) in [5, 5.41) is 15.0. The molecule has 0 radical (unpaired) electrons. The van der Waals surface area contributed by atoms with Crippen LogP contribution in [0.1, 0.15) is 22.7 Å². The van der Waals surface area contributed by atoms with Crippen LogP contribution in [0.15, 0.2) is 36.4 Å². The summed E-state index contributed by atoms with van der Waals surface area (Å²) >= 11 is 0. The molecule has 0 aliphatic heterocycles. The second-order valence-corrected chi connectivity index (χ2v) is 5.40. The summed E-state index contributed by atoms with van der Waals surface area (Å²) in [7, 11) is 1.41. The van der Waals surface area contributed by atoms with Crippen molar-refractivity contribution in [1.82, 2.24) is 5.32 Å². The Bertz CT molecular complexity index is 738. The Balaban J connectivity index is 2.33. The Morgan fingerprint density at radius 2 is 1.88 bits per heavy atom. The second kappa shape index (κ2) is 7.50. The molecule has 0 unspecified atom stereocenters. The molecule has 126 valence electrons. The summed E-state index contributed by atoms with van der Waals surface area (Å²) in [5.74, 6) is -0.196. The van der Waals surface area contributed by atoms with E-state index in [0.29, 0.717) is 17.7 Å². The molecule has 0 aromatic heterocycles. The van der Waals surface area contributed by atoms with Crippen molar-refractivity contribution in [1.29, 1.82) is 0 Å². The summed E-state index contributed by atoms with van der Waals surface area (Å²) in [6, 6.07) is 9.29. The molecule has 2 aromatic rings. The minimum absolute atomic E-state index is 0.0405. The van der Waals surface area contributed by atoms with Crippen molar-refractivity contribution >= 4 is 18.0 Å². The van der Waals surface area contributed by atoms with Gasteiger partial charge in [0.1, 0.15) is 6.04 Å². The number of para-hydroxylation sites is 1. The van der Waals surface area contributed by atoms with Crippen LogP contribution in [0.25, 0.3) is 0 Å². The highest BCUT2D eigenvalue weighted by Crippen LogP contribution is 2.30. The minimum Gasteiger partial charge on any atom is -0.504 e. The normalized spacial score (nSPS) is 11.5. The predicted molar refractivity (Wildman–Crippen MR) is 91.1 cm³/mol. The third kappa shape index (κ3) is 3.65. The van der Waals surface area contributed by atoms with Crippen molar-refractivity contribution < 1.29 is 19.4 Å². The first-order valence-electron chi connectivity index (χ1n) is 7.41. The maximum atomic E-state index is 12.7. The van der Waals surface area contributed by atoms with Crippen LogP contribution in [-0.4, -0.2) is 24.5 Å². The van der Waals surface area contributed by atoms with Crippen molar-refractivity contribution in [3.8, 4) is 11.5 Å². The molecule has 3 N–H and O–H groups in total. The van der Waals surface area contributed by atoms with E-state index in [9.17, 15) is 14.7 Å². The van der Waals surface area contributed by atoms with Crippen LogP contribution >= 0.6 is 0 Å². The predicted octanol–water partition coefficient (Wildman–Crippen LogP) is 2.44. The van der Waals surface area contributed by atoms with Crippen molar-refractivity contribution in [2.24, 2.45) is 0 Å². The number of aryl methyl sites for hydroxylation is 2. The molecule has 2 aromatic carbocycles. The number of methoxy groups -OCH3 is 1. The monoisotopic (exact) mass is 328 g/mol. The number of aromatic hydroxyl groups is 1. The minimum atomic E-state index is -0.906. The average Bonchev–Trinajstić information content (AvgIpc) is 2.56. The van der Waals surface area contributed by atoms with E-state index in [1.807, 2.05) is 32.0 Å². The zero-order valence-corrected chi connectivity index (χ0v) is 13.8. The maximum Gasteiger partial charge on any atom is 0.251 e. The smallest absolute Gasteiger partial charge is 0.251 e. The number of benzene rings is 2. The van der Waals surface area contributed by atoms with Gasteiger partial charge in [0.25, 0.3) is 5.91 Å². The van der Waals surface area contributed by atoms with Gasteiger partial charge in [0.15, 0.2) is 11.5 Å². The average molecular weight is 328 g/mol. The SMILES string of the molecule is COc1cc([C@H](NC=O)C(=O)Nc2c(C)cccc2C)ccc1O. The molecule has 0 spiro atoms. The number of anilines is 1. The van der Waals surface area contributed by atoms with Gasteiger partial charge >= 0.3 is 0 Å². The summed E-state index contributed by atoms with van der Waals surface area (Å²) < 4.78 is 5.05. The van der Waals surface area contributed by atoms with Crippen LogP contribution in [0, 0.1) is 13.8 Å². The molecule has 1 atom stereocenters.